The maximum absolute atomic E-state index is 11.9. The maximum Gasteiger partial charge on any atom is 0.238 e. The fourth-order valence-corrected chi connectivity index (χ4v) is 3.32. The summed E-state index contributed by atoms with van der Waals surface area (Å²) in [6.07, 6.45) is 3.73. The van der Waals surface area contributed by atoms with Crippen LogP contribution in [-0.2, 0) is 27.8 Å². The van der Waals surface area contributed by atoms with E-state index in [0.717, 1.165) is 28.7 Å². The van der Waals surface area contributed by atoms with Gasteiger partial charge in [0, 0.05) is 17.4 Å². The van der Waals surface area contributed by atoms with Crippen LogP contribution in [0.1, 0.15) is 16.7 Å². The maximum atomic E-state index is 11.9. The number of pyridine rings is 1. The Balaban J connectivity index is 1.89. The topological polar surface area (TPSA) is 97.1 Å². The van der Waals surface area contributed by atoms with E-state index >= 15 is 0 Å². The van der Waals surface area contributed by atoms with Gasteiger partial charge in [-0.2, -0.15) is 0 Å². The molecule has 0 fully saturated rings. The lowest BCUT2D eigenvalue weighted by Gasteiger charge is -2.23. The van der Waals surface area contributed by atoms with E-state index in [1.165, 1.54) is 0 Å². The van der Waals surface area contributed by atoms with Gasteiger partial charge in [0.25, 0.3) is 0 Å². The summed E-state index contributed by atoms with van der Waals surface area (Å²) >= 11 is 0. The Morgan fingerprint density at radius 3 is 2.83 bits per heavy atom. The number of anilines is 2. The predicted molar refractivity (Wildman–Crippen MR) is 92.8 cm³/mol. The van der Waals surface area contributed by atoms with Crippen molar-refractivity contribution in [1.29, 1.82) is 0 Å². The van der Waals surface area contributed by atoms with Crippen LogP contribution < -0.4 is 16.4 Å². The standard InChI is InChI=1S/C18H20N4O2/c1-20-10-16(24)22-14-5-4-12-8-18(11-23,9-13(12)7-14)15-3-2-6-21-17(15)19/h2-7,11,20H,8-10H2,1H3,(H2,19,21)(H,22,24). The molecule has 124 valence electrons. The number of hydrogen-bond acceptors (Lipinski definition) is 5. The molecule has 0 saturated heterocycles. The summed E-state index contributed by atoms with van der Waals surface area (Å²) in [7, 11) is 1.72. The Morgan fingerprint density at radius 2 is 2.12 bits per heavy atom. The number of aromatic nitrogens is 1. The molecule has 0 spiro atoms. The zero-order valence-corrected chi connectivity index (χ0v) is 13.5. The SMILES string of the molecule is CNCC(=O)Nc1ccc2c(c1)CC(C=O)(c1cccnc1N)C2. The van der Waals surface area contributed by atoms with Crippen LogP contribution in [0.2, 0.25) is 0 Å². The second-order valence-electron chi connectivity index (χ2n) is 6.13. The van der Waals surface area contributed by atoms with Crippen molar-refractivity contribution in [3.63, 3.8) is 0 Å². The number of carbonyl (C=O) groups is 2. The minimum Gasteiger partial charge on any atom is -0.383 e. The number of likely N-dealkylation sites (N-methyl/N-ethyl adjacent to an activating group) is 1. The van der Waals surface area contributed by atoms with E-state index < -0.39 is 5.41 Å². The molecular weight excluding hydrogens is 304 g/mol. The molecule has 0 aliphatic heterocycles. The van der Waals surface area contributed by atoms with Gasteiger partial charge in [0.2, 0.25) is 5.91 Å². The Hall–Kier alpha value is -2.73. The van der Waals surface area contributed by atoms with E-state index in [2.05, 4.69) is 15.6 Å². The Bertz CT molecular complexity index is 790. The summed E-state index contributed by atoms with van der Waals surface area (Å²) in [5.74, 6) is 0.286. The van der Waals surface area contributed by atoms with Gasteiger partial charge in [-0.3, -0.25) is 4.79 Å². The van der Waals surface area contributed by atoms with Gasteiger partial charge in [-0.1, -0.05) is 12.1 Å². The molecule has 0 radical (unpaired) electrons. The highest BCUT2D eigenvalue weighted by atomic mass is 16.1. The van der Waals surface area contributed by atoms with Crippen molar-refractivity contribution in [1.82, 2.24) is 10.3 Å². The molecule has 1 heterocycles. The number of aldehydes is 1. The molecule has 1 atom stereocenters. The first-order chi connectivity index (χ1) is 11.6. The summed E-state index contributed by atoms with van der Waals surface area (Å²) in [6.45, 7) is 0.252. The minimum atomic E-state index is -0.686. The molecule has 6 nitrogen and oxygen atoms in total. The predicted octanol–water partition coefficient (Wildman–Crippen LogP) is 1.06. The molecule has 6 heteroatoms. The highest BCUT2D eigenvalue weighted by Crippen LogP contribution is 2.40. The van der Waals surface area contributed by atoms with Crippen LogP contribution in [0.4, 0.5) is 11.5 Å². The van der Waals surface area contributed by atoms with Crippen molar-refractivity contribution in [3.8, 4) is 0 Å². The van der Waals surface area contributed by atoms with Crippen molar-refractivity contribution >= 4 is 23.7 Å². The molecular formula is C18H20N4O2. The summed E-state index contributed by atoms with van der Waals surface area (Å²) in [5.41, 5.74) is 8.94. The van der Waals surface area contributed by atoms with Crippen molar-refractivity contribution in [3.05, 3.63) is 53.2 Å². The Kier molecular flexibility index (Phi) is 4.31. The molecule has 1 aromatic carbocycles. The summed E-state index contributed by atoms with van der Waals surface area (Å²) in [6, 6.07) is 9.41. The van der Waals surface area contributed by atoms with Gasteiger partial charge in [0.15, 0.2) is 0 Å². The van der Waals surface area contributed by atoms with Crippen LogP contribution in [0.5, 0.6) is 0 Å². The van der Waals surface area contributed by atoms with Gasteiger partial charge in [-0.15, -0.1) is 0 Å². The molecule has 2 aromatic rings. The highest BCUT2D eigenvalue weighted by Gasteiger charge is 2.40. The van der Waals surface area contributed by atoms with Crippen molar-refractivity contribution in [2.24, 2.45) is 0 Å². The number of carbonyl (C=O) groups excluding carboxylic acids is 2. The van der Waals surface area contributed by atoms with Crippen LogP contribution in [0.25, 0.3) is 0 Å². The molecule has 1 aliphatic rings. The quantitative estimate of drug-likeness (QED) is 0.715. The first kappa shape index (κ1) is 16.1. The molecule has 24 heavy (non-hydrogen) atoms. The van der Waals surface area contributed by atoms with Crippen molar-refractivity contribution in [2.45, 2.75) is 18.3 Å². The lowest BCUT2D eigenvalue weighted by atomic mass is 9.79. The van der Waals surface area contributed by atoms with Crippen LogP contribution in [0, 0.1) is 0 Å². The van der Waals surface area contributed by atoms with E-state index in [4.69, 9.17) is 5.73 Å². The van der Waals surface area contributed by atoms with Gasteiger partial charge < -0.3 is 21.2 Å². The largest absolute Gasteiger partial charge is 0.383 e. The number of nitrogens with zero attached hydrogens (tertiary/aromatic N) is 1. The summed E-state index contributed by atoms with van der Waals surface area (Å²) in [4.78, 5) is 27.8. The third-order valence-electron chi connectivity index (χ3n) is 4.44. The van der Waals surface area contributed by atoms with E-state index in [9.17, 15) is 9.59 Å². The molecule has 1 aromatic heterocycles. The molecule has 1 unspecified atom stereocenters. The van der Waals surface area contributed by atoms with Gasteiger partial charge in [0.05, 0.1) is 12.0 Å². The van der Waals surface area contributed by atoms with Gasteiger partial charge in [0.1, 0.15) is 12.1 Å². The molecule has 0 saturated carbocycles. The van der Waals surface area contributed by atoms with E-state index in [-0.39, 0.29) is 12.5 Å². The molecule has 4 N–H and O–H groups in total. The lowest BCUT2D eigenvalue weighted by molar-refractivity contribution is -0.115. The second-order valence-corrected chi connectivity index (χ2v) is 6.13. The Morgan fingerprint density at radius 1 is 1.33 bits per heavy atom. The van der Waals surface area contributed by atoms with Crippen LogP contribution in [-0.4, -0.2) is 30.8 Å². The smallest absolute Gasteiger partial charge is 0.238 e. The van der Waals surface area contributed by atoms with Crippen LogP contribution in [0.3, 0.4) is 0 Å². The lowest BCUT2D eigenvalue weighted by Crippen LogP contribution is -2.30. The number of rotatable bonds is 5. The monoisotopic (exact) mass is 324 g/mol. The van der Waals surface area contributed by atoms with Crippen LogP contribution >= 0.6 is 0 Å². The minimum absolute atomic E-state index is 0.103. The molecule has 3 rings (SSSR count). The molecule has 1 amide bonds. The van der Waals surface area contributed by atoms with Crippen LogP contribution in [0.15, 0.2) is 36.5 Å². The van der Waals surface area contributed by atoms with E-state index in [1.54, 1.807) is 19.3 Å². The van der Waals surface area contributed by atoms with Gasteiger partial charge >= 0.3 is 0 Å². The molecule has 0 bridgehead atoms. The third-order valence-corrected chi connectivity index (χ3v) is 4.44. The van der Waals surface area contributed by atoms with Crippen molar-refractivity contribution in [2.75, 3.05) is 24.6 Å². The number of hydrogen-bond donors (Lipinski definition) is 3. The Labute approximate surface area is 140 Å². The van der Waals surface area contributed by atoms with E-state index in [0.29, 0.717) is 18.7 Å². The molecule has 1 aliphatic carbocycles. The zero-order chi connectivity index (χ0) is 17.2. The third kappa shape index (κ3) is 2.88. The summed E-state index contributed by atoms with van der Waals surface area (Å²) in [5, 5.41) is 5.65. The summed E-state index contributed by atoms with van der Waals surface area (Å²) < 4.78 is 0. The first-order valence-electron chi connectivity index (χ1n) is 7.81. The fraction of sp³-hybridized carbons (Fsp3) is 0.278. The van der Waals surface area contributed by atoms with Crippen molar-refractivity contribution < 1.29 is 9.59 Å². The highest BCUT2D eigenvalue weighted by molar-refractivity contribution is 5.92. The average Bonchev–Trinajstić information content (AvgIpc) is 2.94. The zero-order valence-electron chi connectivity index (χ0n) is 13.5. The second kappa shape index (κ2) is 6.41. The number of nitrogens with two attached hydrogens (primary N) is 1. The number of benzene rings is 1. The number of fused-ring (bicyclic) bond motifs is 1. The van der Waals surface area contributed by atoms with Gasteiger partial charge in [-0.25, -0.2) is 4.98 Å². The average molecular weight is 324 g/mol. The first-order valence-corrected chi connectivity index (χ1v) is 7.81. The van der Waals surface area contributed by atoms with E-state index in [1.807, 2.05) is 24.3 Å². The number of amides is 1. The fourth-order valence-electron chi connectivity index (χ4n) is 3.32. The number of nitrogens with one attached hydrogen (secondary N) is 2. The number of nitrogen functional groups attached to an aromatic ring is 1. The normalized spacial score (nSPS) is 18.9. The van der Waals surface area contributed by atoms with Gasteiger partial charge in [-0.05, 0) is 49.2 Å².